The number of allylic oxidation sites excluding steroid dienone is 4. The van der Waals surface area contributed by atoms with Crippen molar-refractivity contribution < 1.29 is 0 Å². The summed E-state index contributed by atoms with van der Waals surface area (Å²) in [4.78, 5) is 0. The minimum Gasteiger partial charge on any atom is -0.120 e. The Bertz CT molecular complexity index is 764. The third-order valence-corrected chi connectivity index (χ3v) is 3.75. The molecule has 0 aliphatic carbocycles. The summed E-state index contributed by atoms with van der Waals surface area (Å²) in [5.74, 6) is 0. The first-order valence-corrected chi connectivity index (χ1v) is 9.99. The van der Waals surface area contributed by atoms with Gasteiger partial charge in [-0.3, -0.25) is 0 Å². The van der Waals surface area contributed by atoms with Crippen LogP contribution >= 0.6 is 0 Å². The van der Waals surface area contributed by atoms with Crippen LogP contribution in [0.3, 0.4) is 0 Å². The molecule has 2 aromatic rings. The van der Waals surface area contributed by atoms with E-state index in [2.05, 4.69) is 101 Å². The molecule has 0 unspecified atom stereocenters. The molecule has 0 amide bonds. The third-order valence-electron chi connectivity index (χ3n) is 3.75. The Morgan fingerprint density at radius 3 is 1.86 bits per heavy atom. The molecule has 0 nitrogen and oxygen atoms in total. The molecule has 2 aromatic carbocycles. The van der Waals surface area contributed by atoms with E-state index in [0.29, 0.717) is 0 Å². The van der Waals surface area contributed by atoms with Gasteiger partial charge in [-0.05, 0) is 49.1 Å². The third kappa shape index (κ3) is 10.4. The highest BCUT2D eigenvalue weighted by atomic mass is 14.0. The van der Waals surface area contributed by atoms with Crippen molar-refractivity contribution in [2.24, 2.45) is 0 Å². The van der Waals surface area contributed by atoms with Crippen LogP contribution in [0.4, 0.5) is 0 Å². The van der Waals surface area contributed by atoms with Gasteiger partial charge >= 0.3 is 0 Å². The number of aryl methyl sites for hydroxylation is 3. The van der Waals surface area contributed by atoms with Crippen molar-refractivity contribution in [3.05, 3.63) is 114 Å². The Balaban J connectivity index is 0. The summed E-state index contributed by atoms with van der Waals surface area (Å²) >= 11 is 0. The molecule has 0 aliphatic rings. The lowest BCUT2D eigenvalue weighted by Gasteiger charge is -2.01. The van der Waals surface area contributed by atoms with Gasteiger partial charge in [0.1, 0.15) is 0 Å². The van der Waals surface area contributed by atoms with E-state index >= 15 is 0 Å². The molecule has 0 atom stereocenters. The molecule has 28 heavy (non-hydrogen) atoms. The van der Waals surface area contributed by atoms with E-state index in [1.807, 2.05) is 39.8 Å². The van der Waals surface area contributed by atoms with Crippen LogP contribution in [0, 0.1) is 20.8 Å². The molecule has 0 saturated carbocycles. The molecule has 0 aromatic heterocycles. The van der Waals surface area contributed by atoms with Gasteiger partial charge in [-0.15, -0.1) is 18.9 Å². The molecule has 0 saturated heterocycles. The van der Waals surface area contributed by atoms with Crippen molar-refractivity contribution in [3.8, 4) is 0 Å². The zero-order valence-corrected chi connectivity index (χ0v) is 19.0. The van der Waals surface area contributed by atoms with E-state index < -0.39 is 0 Å². The molecule has 0 heterocycles. The summed E-state index contributed by atoms with van der Waals surface area (Å²) in [7, 11) is 0. The van der Waals surface area contributed by atoms with E-state index in [9.17, 15) is 0 Å². The van der Waals surface area contributed by atoms with Crippen LogP contribution in [0.1, 0.15) is 55.5 Å². The van der Waals surface area contributed by atoms with Gasteiger partial charge in [-0.2, -0.15) is 0 Å². The van der Waals surface area contributed by atoms with Crippen LogP contribution in [0.15, 0.2) is 86.2 Å². The fourth-order valence-corrected chi connectivity index (χ4v) is 2.18. The minimum atomic E-state index is 1.00. The number of hydrogen-bond acceptors (Lipinski definition) is 0. The molecule has 150 valence electrons. The SMILES string of the molecule is C=C.C=C=C(C=CC=Cc1ccc(C)c(C)c1)c1ccc(C)cc1.CC.CC. The largest absolute Gasteiger partial charge is 0.120 e. The van der Waals surface area contributed by atoms with Crippen molar-refractivity contribution in [1.82, 2.24) is 0 Å². The van der Waals surface area contributed by atoms with Gasteiger partial charge in [0, 0.05) is 5.57 Å². The number of hydrogen-bond donors (Lipinski definition) is 0. The molecule has 0 spiro atoms. The average Bonchev–Trinajstić information content (AvgIpc) is 2.76. The molecule has 0 N–H and O–H groups in total. The predicted octanol–water partition coefficient (Wildman–Crippen LogP) is 8.90. The second-order valence-corrected chi connectivity index (χ2v) is 5.52. The van der Waals surface area contributed by atoms with Crippen LogP contribution in [0.2, 0.25) is 0 Å². The fourth-order valence-electron chi connectivity index (χ4n) is 2.18. The topological polar surface area (TPSA) is 0 Å². The molecule has 0 fully saturated rings. The lowest BCUT2D eigenvalue weighted by Crippen LogP contribution is -1.81. The minimum absolute atomic E-state index is 1.00. The second kappa shape index (κ2) is 17.6. The summed E-state index contributed by atoms with van der Waals surface area (Å²) in [5, 5.41) is 0. The van der Waals surface area contributed by atoms with Crippen LogP contribution < -0.4 is 0 Å². The van der Waals surface area contributed by atoms with Crippen molar-refractivity contribution in [2.45, 2.75) is 48.5 Å². The van der Waals surface area contributed by atoms with E-state index in [1.165, 1.54) is 22.3 Å². The first kappa shape index (κ1) is 27.4. The van der Waals surface area contributed by atoms with Crippen LogP contribution in [-0.4, -0.2) is 0 Å². The van der Waals surface area contributed by atoms with E-state index in [-0.39, 0.29) is 0 Å². The first-order valence-electron chi connectivity index (χ1n) is 9.99. The Kier molecular flexibility index (Phi) is 17.2. The zero-order chi connectivity index (χ0) is 21.9. The Morgan fingerprint density at radius 2 is 1.36 bits per heavy atom. The normalized spacial score (nSPS) is 9.25. The average molecular weight is 375 g/mol. The van der Waals surface area contributed by atoms with E-state index in [1.54, 1.807) is 0 Å². The Morgan fingerprint density at radius 1 is 0.786 bits per heavy atom. The monoisotopic (exact) mass is 374 g/mol. The quantitative estimate of drug-likeness (QED) is 0.285. The summed E-state index contributed by atoms with van der Waals surface area (Å²) in [6.07, 6.45) is 8.23. The van der Waals surface area contributed by atoms with Crippen molar-refractivity contribution in [2.75, 3.05) is 0 Å². The maximum Gasteiger partial charge on any atom is 0.0230 e. The number of rotatable bonds is 4. The highest BCUT2D eigenvalue weighted by Gasteiger charge is 1.95. The number of benzene rings is 2. The summed E-state index contributed by atoms with van der Waals surface area (Å²) in [5.41, 5.74) is 10.2. The maximum atomic E-state index is 3.78. The molecule has 0 heteroatoms. The molecule has 0 aliphatic heterocycles. The van der Waals surface area contributed by atoms with Gasteiger partial charge in [-0.25, -0.2) is 0 Å². The highest BCUT2D eigenvalue weighted by molar-refractivity contribution is 5.74. The van der Waals surface area contributed by atoms with Gasteiger partial charge in [0.2, 0.25) is 0 Å². The van der Waals surface area contributed by atoms with Gasteiger partial charge in [0.25, 0.3) is 0 Å². The standard InChI is InChI=1S/C22H22.2C2H6.C2H4/c1-5-21(22-14-10-17(2)11-15-22)9-7-6-8-20-13-12-18(3)19(4)16-20;3*1-2/h6-16H,1H2,2-4H3;2*1-2H3;1-2H2. The maximum absolute atomic E-state index is 3.78. The molecule has 0 bridgehead atoms. The molecule has 2 rings (SSSR count). The highest BCUT2D eigenvalue weighted by Crippen LogP contribution is 2.16. The van der Waals surface area contributed by atoms with Crippen LogP contribution in [0.25, 0.3) is 11.6 Å². The van der Waals surface area contributed by atoms with Gasteiger partial charge in [0.05, 0.1) is 0 Å². The van der Waals surface area contributed by atoms with Gasteiger partial charge in [0.15, 0.2) is 0 Å². The second-order valence-electron chi connectivity index (χ2n) is 5.52. The summed E-state index contributed by atoms with van der Waals surface area (Å²) < 4.78 is 0. The van der Waals surface area contributed by atoms with Crippen molar-refractivity contribution in [1.29, 1.82) is 0 Å². The molecular formula is C28H38. The van der Waals surface area contributed by atoms with Crippen molar-refractivity contribution in [3.63, 3.8) is 0 Å². The lowest BCUT2D eigenvalue weighted by molar-refractivity contribution is 1.33. The van der Waals surface area contributed by atoms with E-state index in [0.717, 1.165) is 11.1 Å². The van der Waals surface area contributed by atoms with Gasteiger partial charge < -0.3 is 0 Å². The summed E-state index contributed by atoms with van der Waals surface area (Å²) in [6.45, 7) is 24.1. The van der Waals surface area contributed by atoms with Crippen LogP contribution in [-0.2, 0) is 0 Å². The molecule has 0 radical (unpaired) electrons. The fraction of sp³-hybridized carbons (Fsp3) is 0.250. The first-order chi connectivity index (χ1) is 13.6. The Hall–Kier alpha value is -2.82. The predicted molar refractivity (Wildman–Crippen MR) is 132 cm³/mol. The van der Waals surface area contributed by atoms with Crippen molar-refractivity contribution >= 4 is 11.6 Å². The lowest BCUT2D eigenvalue weighted by atomic mass is 10.0. The smallest absolute Gasteiger partial charge is 0.0230 e. The van der Waals surface area contributed by atoms with Gasteiger partial charge in [-0.1, -0.05) is 101 Å². The van der Waals surface area contributed by atoms with Crippen LogP contribution in [0.5, 0.6) is 0 Å². The summed E-state index contributed by atoms with van der Waals surface area (Å²) in [6, 6.07) is 14.9. The van der Waals surface area contributed by atoms with E-state index in [4.69, 9.17) is 0 Å². The Labute approximate surface area is 174 Å². The molecular weight excluding hydrogens is 336 g/mol. The zero-order valence-electron chi connectivity index (χ0n) is 19.0.